The van der Waals surface area contributed by atoms with Crippen LogP contribution in [0.25, 0.3) is 11.0 Å². The molecule has 1 aromatic carbocycles. The van der Waals surface area contributed by atoms with Gasteiger partial charge in [0, 0.05) is 9.86 Å². The number of hydrogen-bond donors (Lipinski definition) is 1. The average molecular weight is 324 g/mol. The number of fused-ring (bicyclic) bond motifs is 1. The maximum absolute atomic E-state index is 6.08. The van der Waals surface area contributed by atoms with Gasteiger partial charge in [0.2, 0.25) is 0 Å². The van der Waals surface area contributed by atoms with Gasteiger partial charge in [-0.1, -0.05) is 36.7 Å². The Morgan fingerprint density at radius 3 is 2.53 bits per heavy atom. The number of nitrogens with one attached hydrogen (secondary N) is 1. The number of aryl methyl sites for hydroxylation is 2. The van der Waals surface area contributed by atoms with Crippen LogP contribution in [0.4, 0.5) is 0 Å². The van der Waals surface area contributed by atoms with Crippen molar-refractivity contribution in [3.8, 4) is 0 Å². The Hall–Kier alpha value is -0.800. The molecule has 0 radical (unpaired) electrons. The molecular formula is C16H22BrNO. The van der Waals surface area contributed by atoms with E-state index in [-0.39, 0.29) is 6.04 Å². The maximum atomic E-state index is 6.08. The maximum Gasteiger partial charge on any atom is 0.134 e. The smallest absolute Gasteiger partial charge is 0.134 e. The normalized spacial score (nSPS) is 13.4. The molecule has 0 amide bonds. The lowest BCUT2D eigenvalue weighted by Gasteiger charge is -2.18. The second-order valence-electron chi connectivity index (χ2n) is 5.47. The van der Waals surface area contributed by atoms with Gasteiger partial charge in [-0.15, -0.1) is 0 Å². The molecule has 0 saturated carbocycles. The highest BCUT2D eigenvalue weighted by atomic mass is 79.9. The second-order valence-corrected chi connectivity index (χ2v) is 6.27. The van der Waals surface area contributed by atoms with E-state index < -0.39 is 0 Å². The average Bonchev–Trinajstić information content (AvgIpc) is 2.76. The van der Waals surface area contributed by atoms with E-state index in [2.05, 4.69) is 68.0 Å². The number of furan rings is 1. The summed E-state index contributed by atoms with van der Waals surface area (Å²) in [6.07, 6.45) is 0. The van der Waals surface area contributed by atoms with Crippen LogP contribution in [0.1, 0.15) is 43.7 Å². The molecular weight excluding hydrogens is 302 g/mol. The zero-order valence-corrected chi connectivity index (χ0v) is 13.9. The third kappa shape index (κ3) is 2.72. The van der Waals surface area contributed by atoms with E-state index in [1.54, 1.807) is 0 Å². The molecule has 104 valence electrons. The van der Waals surface area contributed by atoms with Crippen molar-refractivity contribution in [3.05, 3.63) is 33.5 Å². The first kappa shape index (κ1) is 14.6. The highest BCUT2D eigenvalue weighted by molar-refractivity contribution is 9.10. The summed E-state index contributed by atoms with van der Waals surface area (Å²) >= 11 is 3.65. The van der Waals surface area contributed by atoms with Crippen LogP contribution in [-0.2, 0) is 0 Å². The van der Waals surface area contributed by atoms with Crippen molar-refractivity contribution in [1.29, 1.82) is 0 Å². The van der Waals surface area contributed by atoms with Crippen LogP contribution < -0.4 is 5.32 Å². The standard InChI is InChI=1S/C16H22BrNO/c1-6-18-16(9(2)3)14-8-12-11(5)15(17)10(4)7-13(12)19-14/h7-9,16,18H,6H2,1-5H3. The van der Waals surface area contributed by atoms with Crippen LogP contribution >= 0.6 is 15.9 Å². The van der Waals surface area contributed by atoms with Gasteiger partial charge in [0.05, 0.1) is 6.04 Å². The predicted molar refractivity (Wildman–Crippen MR) is 84.6 cm³/mol. The van der Waals surface area contributed by atoms with E-state index in [0.29, 0.717) is 5.92 Å². The molecule has 0 aliphatic heterocycles. The highest BCUT2D eigenvalue weighted by Gasteiger charge is 2.20. The molecule has 0 bridgehead atoms. The Labute approximate surface area is 123 Å². The van der Waals surface area contributed by atoms with Gasteiger partial charge in [0.25, 0.3) is 0 Å². The van der Waals surface area contributed by atoms with Crippen molar-refractivity contribution in [2.24, 2.45) is 5.92 Å². The van der Waals surface area contributed by atoms with Gasteiger partial charge < -0.3 is 9.73 Å². The number of benzene rings is 1. The highest BCUT2D eigenvalue weighted by Crippen LogP contribution is 2.34. The summed E-state index contributed by atoms with van der Waals surface area (Å²) in [5.74, 6) is 1.54. The van der Waals surface area contributed by atoms with Crippen LogP contribution in [-0.4, -0.2) is 6.54 Å². The summed E-state index contributed by atoms with van der Waals surface area (Å²) in [7, 11) is 0. The number of rotatable bonds is 4. The molecule has 0 aliphatic carbocycles. The molecule has 0 aliphatic rings. The molecule has 19 heavy (non-hydrogen) atoms. The fourth-order valence-electron chi connectivity index (χ4n) is 2.54. The molecule has 2 nitrogen and oxygen atoms in total. The molecule has 1 unspecified atom stereocenters. The first-order valence-electron chi connectivity index (χ1n) is 6.88. The molecule has 1 atom stereocenters. The predicted octanol–water partition coefficient (Wildman–Crippen LogP) is 5.12. The molecule has 2 aromatic rings. The van der Waals surface area contributed by atoms with Gasteiger partial charge in [-0.25, -0.2) is 0 Å². The first-order valence-corrected chi connectivity index (χ1v) is 7.67. The third-order valence-corrected chi connectivity index (χ3v) is 4.82. The van der Waals surface area contributed by atoms with Crippen LogP contribution in [0.5, 0.6) is 0 Å². The summed E-state index contributed by atoms with van der Waals surface area (Å²) in [5.41, 5.74) is 3.45. The van der Waals surface area contributed by atoms with Crippen molar-refractivity contribution in [2.45, 2.75) is 40.7 Å². The second kappa shape index (κ2) is 5.68. The van der Waals surface area contributed by atoms with Gasteiger partial charge in [-0.3, -0.25) is 0 Å². The topological polar surface area (TPSA) is 25.2 Å². The van der Waals surface area contributed by atoms with Crippen molar-refractivity contribution in [1.82, 2.24) is 5.32 Å². The third-order valence-electron chi connectivity index (χ3n) is 3.60. The summed E-state index contributed by atoms with van der Waals surface area (Å²) in [6, 6.07) is 4.57. The Morgan fingerprint density at radius 2 is 1.95 bits per heavy atom. The summed E-state index contributed by atoms with van der Waals surface area (Å²) in [4.78, 5) is 0. The van der Waals surface area contributed by atoms with E-state index in [1.165, 1.54) is 21.0 Å². The van der Waals surface area contributed by atoms with Crippen LogP contribution in [0.15, 0.2) is 21.0 Å². The Morgan fingerprint density at radius 1 is 1.26 bits per heavy atom. The first-order chi connectivity index (χ1) is 8.95. The largest absolute Gasteiger partial charge is 0.459 e. The van der Waals surface area contributed by atoms with E-state index in [9.17, 15) is 0 Å². The molecule has 0 spiro atoms. The molecule has 1 aromatic heterocycles. The molecule has 1 N–H and O–H groups in total. The summed E-state index contributed by atoms with van der Waals surface area (Å²) < 4.78 is 7.26. The summed E-state index contributed by atoms with van der Waals surface area (Å²) in [5, 5.41) is 4.71. The minimum atomic E-state index is 0.274. The summed E-state index contributed by atoms with van der Waals surface area (Å²) in [6.45, 7) is 11.7. The van der Waals surface area contributed by atoms with Crippen LogP contribution in [0, 0.1) is 19.8 Å². The fraction of sp³-hybridized carbons (Fsp3) is 0.500. The van der Waals surface area contributed by atoms with Crippen molar-refractivity contribution in [3.63, 3.8) is 0 Å². The minimum Gasteiger partial charge on any atom is -0.459 e. The van der Waals surface area contributed by atoms with Gasteiger partial charge in [0.15, 0.2) is 0 Å². The molecule has 0 saturated heterocycles. The Kier molecular flexibility index (Phi) is 4.36. The molecule has 2 rings (SSSR count). The van der Waals surface area contributed by atoms with Gasteiger partial charge in [-0.05, 0) is 49.6 Å². The lowest BCUT2D eigenvalue weighted by molar-refractivity contribution is 0.357. The monoisotopic (exact) mass is 323 g/mol. The van der Waals surface area contributed by atoms with Gasteiger partial charge >= 0.3 is 0 Å². The van der Waals surface area contributed by atoms with Crippen molar-refractivity contribution in [2.75, 3.05) is 6.54 Å². The van der Waals surface area contributed by atoms with Crippen LogP contribution in [0.3, 0.4) is 0 Å². The zero-order chi connectivity index (χ0) is 14.2. The molecule has 3 heteroatoms. The minimum absolute atomic E-state index is 0.274. The Balaban J connectivity index is 2.54. The quantitative estimate of drug-likeness (QED) is 0.844. The molecule has 0 fully saturated rings. The number of hydrogen-bond acceptors (Lipinski definition) is 2. The van der Waals surface area contributed by atoms with E-state index in [1.807, 2.05) is 0 Å². The van der Waals surface area contributed by atoms with Crippen LogP contribution in [0.2, 0.25) is 0 Å². The lowest BCUT2D eigenvalue weighted by Crippen LogP contribution is -2.24. The van der Waals surface area contributed by atoms with E-state index in [4.69, 9.17) is 4.42 Å². The van der Waals surface area contributed by atoms with Crippen molar-refractivity contribution >= 4 is 26.9 Å². The lowest BCUT2D eigenvalue weighted by atomic mass is 10.0. The van der Waals surface area contributed by atoms with Crippen molar-refractivity contribution < 1.29 is 4.42 Å². The van der Waals surface area contributed by atoms with Gasteiger partial charge in [-0.2, -0.15) is 0 Å². The number of halogens is 1. The zero-order valence-electron chi connectivity index (χ0n) is 12.3. The van der Waals surface area contributed by atoms with Gasteiger partial charge in [0.1, 0.15) is 11.3 Å². The van der Waals surface area contributed by atoms with E-state index >= 15 is 0 Å². The molecule has 1 heterocycles. The fourth-order valence-corrected chi connectivity index (χ4v) is 2.87. The Bertz CT molecular complexity index is 586. The SMILES string of the molecule is CCNC(c1cc2c(C)c(Br)c(C)cc2o1)C(C)C. The van der Waals surface area contributed by atoms with E-state index in [0.717, 1.165) is 17.9 Å².